The maximum absolute atomic E-state index is 12.2. The van der Waals surface area contributed by atoms with Crippen LogP contribution in [0.3, 0.4) is 0 Å². The van der Waals surface area contributed by atoms with Gasteiger partial charge in [-0.05, 0) is 30.9 Å². The topological polar surface area (TPSA) is 70.8 Å². The molecule has 0 spiro atoms. The van der Waals surface area contributed by atoms with E-state index in [1.165, 1.54) is 0 Å². The molecule has 1 aliphatic heterocycles. The minimum Gasteiger partial charge on any atom is -0.481 e. The van der Waals surface area contributed by atoms with Gasteiger partial charge in [0.2, 0.25) is 0 Å². The highest BCUT2D eigenvalue weighted by molar-refractivity contribution is 5.91. The predicted molar refractivity (Wildman–Crippen MR) is 69.0 cm³/mol. The van der Waals surface area contributed by atoms with Gasteiger partial charge >= 0.3 is 5.97 Å². The first-order valence-corrected chi connectivity index (χ1v) is 6.66. The van der Waals surface area contributed by atoms with Crippen molar-refractivity contribution in [1.82, 2.24) is 4.90 Å². The summed E-state index contributed by atoms with van der Waals surface area (Å²) in [5.74, 6) is 0.584. The second-order valence-electron chi connectivity index (χ2n) is 5.13. The minimum absolute atomic E-state index is 0.0162. The Labute approximate surface area is 112 Å². The summed E-state index contributed by atoms with van der Waals surface area (Å²) in [6, 6.07) is 3.32. The third-order valence-corrected chi connectivity index (χ3v) is 3.53. The monoisotopic (exact) mass is 265 g/mol. The molecular weight excluding hydrogens is 246 g/mol. The molecule has 1 N–H and O–H groups in total. The van der Waals surface area contributed by atoms with Crippen LogP contribution in [0, 0.1) is 5.92 Å². The molecule has 19 heavy (non-hydrogen) atoms. The lowest BCUT2D eigenvalue weighted by Gasteiger charge is -2.29. The summed E-state index contributed by atoms with van der Waals surface area (Å²) in [7, 11) is 0. The first-order chi connectivity index (χ1) is 9.06. The number of carbonyl (C=O) groups is 2. The van der Waals surface area contributed by atoms with Crippen LogP contribution in [-0.4, -0.2) is 35.0 Å². The summed E-state index contributed by atoms with van der Waals surface area (Å²) in [6.45, 7) is 3.73. The number of hydrogen-bond donors (Lipinski definition) is 1. The van der Waals surface area contributed by atoms with Crippen molar-refractivity contribution in [2.24, 2.45) is 5.92 Å². The molecule has 1 saturated heterocycles. The SMILES string of the molecule is CC1CCN(C(=O)c2ccc(CCC(=O)O)o2)CC1. The van der Waals surface area contributed by atoms with Crippen LogP contribution in [0.15, 0.2) is 16.5 Å². The summed E-state index contributed by atoms with van der Waals surface area (Å²) < 4.78 is 5.42. The Hall–Kier alpha value is -1.78. The normalized spacial score (nSPS) is 16.6. The van der Waals surface area contributed by atoms with Crippen LogP contribution in [-0.2, 0) is 11.2 Å². The van der Waals surface area contributed by atoms with Crippen LogP contribution < -0.4 is 0 Å². The van der Waals surface area contributed by atoms with E-state index in [0.717, 1.165) is 25.9 Å². The number of aryl methyl sites for hydroxylation is 1. The lowest BCUT2D eigenvalue weighted by atomic mass is 9.99. The third kappa shape index (κ3) is 3.59. The van der Waals surface area contributed by atoms with Gasteiger partial charge in [0.25, 0.3) is 5.91 Å². The molecule has 1 aromatic rings. The Kier molecular flexibility index (Phi) is 4.24. The van der Waals surface area contributed by atoms with Crippen LogP contribution in [0.2, 0.25) is 0 Å². The largest absolute Gasteiger partial charge is 0.481 e. The molecule has 1 fully saturated rings. The fourth-order valence-corrected chi connectivity index (χ4v) is 2.22. The van der Waals surface area contributed by atoms with E-state index in [0.29, 0.717) is 23.9 Å². The van der Waals surface area contributed by atoms with Crippen LogP contribution in [0.5, 0.6) is 0 Å². The average Bonchev–Trinajstić information content (AvgIpc) is 2.85. The molecule has 0 radical (unpaired) electrons. The number of piperidine rings is 1. The van der Waals surface area contributed by atoms with E-state index < -0.39 is 5.97 Å². The number of carboxylic acids is 1. The second kappa shape index (κ2) is 5.91. The number of carbonyl (C=O) groups excluding carboxylic acids is 1. The maximum atomic E-state index is 12.2. The zero-order chi connectivity index (χ0) is 13.8. The van der Waals surface area contributed by atoms with Gasteiger partial charge < -0.3 is 14.4 Å². The summed E-state index contributed by atoms with van der Waals surface area (Å²) in [5, 5.41) is 8.60. The molecule has 2 heterocycles. The van der Waals surface area contributed by atoms with Crippen LogP contribution >= 0.6 is 0 Å². The molecule has 2 rings (SSSR count). The lowest BCUT2D eigenvalue weighted by molar-refractivity contribution is -0.137. The molecule has 0 bridgehead atoms. The Morgan fingerprint density at radius 1 is 1.37 bits per heavy atom. The summed E-state index contributed by atoms with van der Waals surface area (Å²) in [6.07, 6.45) is 2.39. The van der Waals surface area contributed by atoms with Crippen molar-refractivity contribution in [1.29, 1.82) is 0 Å². The third-order valence-electron chi connectivity index (χ3n) is 3.53. The van der Waals surface area contributed by atoms with E-state index in [4.69, 9.17) is 9.52 Å². The van der Waals surface area contributed by atoms with E-state index in [2.05, 4.69) is 6.92 Å². The summed E-state index contributed by atoms with van der Waals surface area (Å²) in [5.41, 5.74) is 0. The van der Waals surface area contributed by atoms with Gasteiger partial charge in [0.05, 0.1) is 6.42 Å². The quantitative estimate of drug-likeness (QED) is 0.905. The molecule has 0 atom stereocenters. The molecule has 1 aromatic heterocycles. The molecule has 5 heteroatoms. The minimum atomic E-state index is -0.866. The second-order valence-corrected chi connectivity index (χ2v) is 5.13. The highest BCUT2D eigenvalue weighted by Gasteiger charge is 2.23. The molecule has 0 aliphatic carbocycles. The zero-order valence-corrected chi connectivity index (χ0v) is 11.1. The number of carboxylic acid groups (broad SMARTS) is 1. The molecule has 1 aliphatic rings. The number of aliphatic carboxylic acids is 1. The number of rotatable bonds is 4. The van der Waals surface area contributed by atoms with Gasteiger partial charge in [-0.15, -0.1) is 0 Å². The van der Waals surface area contributed by atoms with Gasteiger partial charge in [-0.2, -0.15) is 0 Å². The Bertz CT molecular complexity index is 458. The number of amides is 1. The fourth-order valence-electron chi connectivity index (χ4n) is 2.22. The zero-order valence-electron chi connectivity index (χ0n) is 11.1. The van der Waals surface area contributed by atoms with Crippen LogP contribution in [0.1, 0.15) is 42.5 Å². The van der Waals surface area contributed by atoms with E-state index in [9.17, 15) is 9.59 Å². The van der Waals surface area contributed by atoms with E-state index in [1.54, 1.807) is 17.0 Å². The fraction of sp³-hybridized carbons (Fsp3) is 0.571. The van der Waals surface area contributed by atoms with Crippen molar-refractivity contribution in [2.75, 3.05) is 13.1 Å². The first kappa shape index (κ1) is 13.6. The van der Waals surface area contributed by atoms with Gasteiger partial charge in [-0.1, -0.05) is 6.92 Å². The average molecular weight is 265 g/mol. The highest BCUT2D eigenvalue weighted by atomic mass is 16.4. The molecule has 104 valence electrons. The Morgan fingerprint density at radius 3 is 2.68 bits per heavy atom. The van der Waals surface area contributed by atoms with Crippen LogP contribution in [0.4, 0.5) is 0 Å². The van der Waals surface area contributed by atoms with Gasteiger partial charge in [0, 0.05) is 19.5 Å². The highest BCUT2D eigenvalue weighted by Crippen LogP contribution is 2.19. The number of nitrogens with zero attached hydrogens (tertiary/aromatic N) is 1. The van der Waals surface area contributed by atoms with Crippen molar-refractivity contribution < 1.29 is 19.1 Å². The predicted octanol–water partition coefficient (Wildman–Crippen LogP) is 2.17. The van der Waals surface area contributed by atoms with Crippen molar-refractivity contribution in [3.63, 3.8) is 0 Å². The molecular formula is C14H19NO4. The molecule has 0 unspecified atom stereocenters. The molecule has 0 aromatic carbocycles. The Morgan fingerprint density at radius 2 is 2.05 bits per heavy atom. The number of likely N-dealkylation sites (tertiary alicyclic amines) is 1. The summed E-state index contributed by atoms with van der Waals surface area (Å²) >= 11 is 0. The van der Waals surface area contributed by atoms with Crippen molar-refractivity contribution in [3.8, 4) is 0 Å². The maximum Gasteiger partial charge on any atom is 0.303 e. The van der Waals surface area contributed by atoms with Gasteiger partial charge in [-0.25, -0.2) is 0 Å². The number of furan rings is 1. The van der Waals surface area contributed by atoms with Gasteiger partial charge in [0.1, 0.15) is 5.76 Å². The van der Waals surface area contributed by atoms with Crippen LogP contribution in [0.25, 0.3) is 0 Å². The Balaban J connectivity index is 1.94. The smallest absolute Gasteiger partial charge is 0.303 e. The number of hydrogen-bond acceptors (Lipinski definition) is 3. The van der Waals surface area contributed by atoms with E-state index in [1.807, 2.05) is 0 Å². The first-order valence-electron chi connectivity index (χ1n) is 6.66. The lowest BCUT2D eigenvalue weighted by Crippen LogP contribution is -2.37. The van der Waals surface area contributed by atoms with Gasteiger partial charge in [0.15, 0.2) is 5.76 Å². The van der Waals surface area contributed by atoms with Gasteiger partial charge in [-0.3, -0.25) is 9.59 Å². The molecule has 1 amide bonds. The summed E-state index contributed by atoms with van der Waals surface area (Å²) in [4.78, 5) is 24.5. The van der Waals surface area contributed by atoms with E-state index >= 15 is 0 Å². The standard InChI is InChI=1S/C14H19NO4/c1-10-6-8-15(9-7-10)14(18)12-4-2-11(19-12)3-5-13(16)17/h2,4,10H,3,5-9H2,1H3,(H,16,17). The van der Waals surface area contributed by atoms with E-state index in [-0.39, 0.29) is 12.3 Å². The molecule has 5 nitrogen and oxygen atoms in total. The molecule has 0 saturated carbocycles. The van der Waals surface area contributed by atoms with Crippen molar-refractivity contribution in [3.05, 3.63) is 23.7 Å². The van der Waals surface area contributed by atoms with Crippen molar-refractivity contribution >= 4 is 11.9 Å². The van der Waals surface area contributed by atoms with Crippen molar-refractivity contribution in [2.45, 2.75) is 32.6 Å².